The Labute approximate surface area is 70.8 Å². The lowest BCUT2D eigenvalue weighted by Crippen LogP contribution is -1.94. The normalized spacial score (nSPS) is 9.00. The summed E-state index contributed by atoms with van der Waals surface area (Å²) >= 11 is 0. The number of aryl methyl sites for hydroxylation is 1. The number of nitrogens with zero attached hydrogens (tertiary/aromatic N) is 1. The summed E-state index contributed by atoms with van der Waals surface area (Å²) in [7, 11) is 0. The predicted molar refractivity (Wildman–Crippen MR) is 44.0 cm³/mol. The zero-order chi connectivity index (χ0) is 8.97. The van der Waals surface area contributed by atoms with Crippen molar-refractivity contribution in [2.24, 2.45) is 0 Å². The van der Waals surface area contributed by atoms with Crippen molar-refractivity contribution >= 4 is 0 Å². The molecule has 0 aliphatic carbocycles. The highest BCUT2D eigenvalue weighted by atomic mass is 16.5. The van der Waals surface area contributed by atoms with Gasteiger partial charge in [-0.2, -0.15) is 5.26 Å². The third kappa shape index (κ3) is 1.89. The van der Waals surface area contributed by atoms with Gasteiger partial charge in [-0.25, -0.2) is 0 Å². The number of aromatic hydroxyl groups is 1. The second-order valence-corrected chi connectivity index (χ2v) is 2.40. The second kappa shape index (κ2) is 3.63. The summed E-state index contributed by atoms with van der Waals surface area (Å²) in [5.74, 6) is 0.839. The first-order valence-electron chi connectivity index (χ1n) is 3.53. The Morgan fingerprint density at radius 1 is 1.58 bits per heavy atom. The molecule has 1 aromatic rings. The Balaban J connectivity index is 2.81. The van der Waals surface area contributed by atoms with Crippen LogP contribution in [0.1, 0.15) is 5.56 Å². The minimum absolute atomic E-state index is 0.0333. The molecule has 3 heteroatoms. The zero-order valence-electron chi connectivity index (χ0n) is 6.74. The van der Waals surface area contributed by atoms with E-state index in [4.69, 9.17) is 15.1 Å². The lowest BCUT2D eigenvalue weighted by Gasteiger charge is -2.04. The molecule has 0 spiro atoms. The van der Waals surface area contributed by atoms with Crippen molar-refractivity contribution in [1.82, 2.24) is 0 Å². The second-order valence-electron chi connectivity index (χ2n) is 2.40. The molecule has 0 bridgehead atoms. The summed E-state index contributed by atoms with van der Waals surface area (Å²) in [6.07, 6.45) is 0. The molecule has 0 saturated carbocycles. The number of hydrogen-bond donors (Lipinski definition) is 1. The lowest BCUT2D eigenvalue weighted by molar-refractivity contribution is 0.364. The monoisotopic (exact) mass is 163 g/mol. The molecule has 0 fully saturated rings. The molecule has 62 valence electrons. The van der Waals surface area contributed by atoms with Crippen LogP contribution in [0.5, 0.6) is 11.5 Å². The van der Waals surface area contributed by atoms with Crippen LogP contribution in [0.15, 0.2) is 18.2 Å². The number of phenolic OH excluding ortho intramolecular Hbond substituents is 1. The molecular weight excluding hydrogens is 154 g/mol. The number of rotatable bonds is 2. The Morgan fingerprint density at radius 3 is 2.92 bits per heavy atom. The Bertz CT molecular complexity index is 315. The number of benzene rings is 1. The van der Waals surface area contributed by atoms with Gasteiger partial charge in [0.05, 0.1) is 0 Å². The van der Waals surface area contributed by atoms with Crippen LogP contribution in [0.4, 0.5) is 0 Å². The van der Waals surface area contributed by atoms with E-state index >= 15 is 0 Å². The van der Waals surface area contributed by atoms with Crippen LogP contribution >= 0.6 is 0 Å². The van der Waals surface area contributed by atoms with Gasteiger partial charge in [0.1, 0.15) is 17.6 Å². The summed E-state index contributed by atoms with van der Waals surface area (Å²) in [6.45, 7) is 1.85. The molecule has 0 aromatic heterocycles. The van der Waals surface area contributed by atoms with E-state index in [0.717, 1.165) is 5.56 Å². The molecule has 0 aliphatic heterocycles. The maximum absolute atomic E-state index is 9.04. The fourth-order valence-corrected chi connectivity index (χ4v) is 0.906. The molecule has 0 unspecified atom stereocenters. The number of phenols is 1. The first-order valence-corrected chi connectivity index (χ1v) is 3.53. The number of nitriles is 1. The van der Waals surface area contributed by atoms with Crippen LogP contribution in [-0.4, -0.2) is 11.7 Å². The fraction of sp³-hybridized carbons (Fsp3) is 0.222. The predicted octanol–water partition coefficient (Wildman–Crippen LogP) is 1.60. The van der Waals surface area contributed by atoms with Gasteiger partial charge in [0.2, 0.25) is 0 Å². The summed E-state index contributed by atoms with van der Waals surface area (Å²) < 4.78 is 5.07. The van der Waals surface area contributed by atoms with Crippen molar-refractivity contribution in [2.75, 3.05) is 6.61 Å². The topological polar surface area (TPSA) is 53.2 Å². The smallest absolute Gasteiger partial charge is 0.174 e. The van der Waals surface area contributed by atoms with Gasteiger partial charge in [0, 0.05) is 0 Å². The zero-order valence-corrected chi connectivity index (χ0v) is 6.74. The van der Waals surface area contributed by atoms with Gasteiger partial charge >= 0.3 is 0 Å². The lowest BCUT2D eigenvalue weighted by atomic mass is 10.2. The standard InChI is InChI=1S/C9H9NO2/c1-7-6-8(11)2-3-9(7)12-5-4-10/h2-3,6,11H,5H2,1H3. The minimum atomic E-state index is 0.0333. The van der Waals surface area contributed by atoms with Gasteiger partial charge in [0.15, 0.2) is 6.61 Å². The highest BCUT2D eigenvalue weighted by Gasteiger charge is 1.98. The van der Waals surface area contributed by atoms with Gasteiger partial charge in [-0.05, 0) is 30.7 Å². The van der Waals surface area contributed by atoms with Gasteiger partial charge in [-0.1, -0.05) is 0 Å². The summed E-state index contributed by atoms with van der Waals surface area (Å²) in [5, 5.41) is 17.3. The number of ether oxygens (including phenoxy) is 1. The summed E-state index contributed by atoms with van der Waals surface area (Å²) in [4.78, 5) is 0. The van der Waals surface area contributed by atoms with E-state index in [-0.39, 0.29) is 12.4 Å². The van der Waals surface area contributed by atoms with E-state index in [1.165, 1.54) is 6.07 Å². The van der Waals surface area contributed by atoms with Crippen molar-refractivity contribution in [2.45, 2.75) is 6.92 Å². The highest BCUT2D eigenvalue weighted by Crippen LogP contribution is 2.21. The van der Waals surface area contributed by atoms with Gasteiger partial charge in [-0.3, -0.25) is 0 Å². The molecule has 0 amide bonds. The van der Waals surface area contributed by atoms with Crippen LogP contribution < -0.4 is 4.74 Å². The van der Waals surface area contributed by atoms with Crippen LogP contribution in [0.2, 0.25) is 0 Å². The average Bonchev–Trinajstić information content (AvgIpc) is 2.03. The van der Waals surface area contributed by atoms with E-state index < -0.39 is 0 Å². The minimum Gasteiger partial charge on any atom is -0.508 e. The summed E-state index contributed by atoms with van der Waals surface area (Å²) in [6, 6.07) is 6.63. The molecule has 1 aromatic carbocycles. The van der Waals surface area contributed by atoms with Crippen molar-refractivity contribution in [3.63, 3.8) is 0 Å². The average molecular weight is 163 g/mol. The first kappa shape index (κ1) is 8.41. The van der Waals surface area contributed by atoms with E-state index in [0.29, 0.717) is 5.75 Å². The molecule has 1 N–H and O–H groups in total. The Kier molecular flexibility index (Phi) is 2.54. The van der Waals surface area contributed by atoms with Gasteiger partial charge in [-0.15, -0.1) is 0 Å². The third-order valence-electron chi connectivity index (χ3n) is 1.45. The molecule has 0 aliphatic rings. The van der Waals surface area contributed by atoms with Crippen molar-refractivity contribution < 1.29 is 9.84 Å². The maximum atomic E-state index is 9.04. The van der Waals surface area contributed by atoms with E-state index in [9.17, 15) is 0 Å². The number of hydrogen-bond acceptors (Lipinski definition) is 3. The molecular formula is C9H9NO2. The van der Waals surface area contributed by atoms with Gasteiger partial charge < -0.3 is 9.84 Å². The SMILES string of the molecule is Cc1cc(O)ccc1OCC#N. The van der Waals surface area contributed by atoms with Crippen LogP contribution in [0, 0.1) is 18.3 Å². The van der Waals surface area contributed by atoms with Crippen molar-refractivity contribution in [3.05, 3.63) is 23.8 Å². The molecule has 0 atom stereocenters. The molecule has 1 rings (SSSR count). The third-order valence-corrected chi connectivity index (χ3v) is 1.45. The van der Waals surface area contributed by atoms with Crippen LogP contribution in [0.25, 0.3) is 0 Å². The van der Waals surface area contributed by atoms with E-state index in [1.54, 1.807) is 12.1 Å². The van der Waals surface area contributed by atoms with Gasteiger partial charge in [0.25, 0.3) is 0 Å². The van der Waals surface area contributed by atoms with Crippen LogP contribution in [0.3, 0.4) is 0 Å². The molecule has 0 heterocycles. The quantitative estimate of drug-likeness (QED) is 0.720. The van der Waals surface area contributed by atoms with Crippen molar-refractivity contribution in [3.8, 4) is 17.6 Å². The molecule has 0 radical (unpaired) electrons. The molecule has 0 saturated heterocycles. The van der Waals surface area contributed by atoms with Crippen molar-refractivity contribution in [1.29, 1.82) is 5.26 Å². The first-order chi connectivity index (χ1) is 5.74. The largest absolute Gasteiger partial charge is 0.508 e. The highest BCUT2D eigenvalue weighted by molar-refractivity contribution is 5.38. The van der Waals surface area contributed by atoms with E-state index in [2.05, 4.69) is 0 Å². The molecule has 3 nitrogen and oxygen atoms in total. The van der Waals surface area contributed by atoms with E-state index in [1.807, 2.05) is 13.0 Å². The fourth-order valence-electron chi connectivity index (χ4n) is 0.906. The Morgan fingerprint density at radius 2 is 2.33 bits per heavy atom. The molecule has 12 heavy (non-hydrogen) atoms. The summed E-state index contributed by atoms with van der Waals surface area (Å²) in [5.41, 5.74) is 0.824. The Hall–Kier alpha value is -1.69. The van der Waals surface area contributed by atoms with Crippen LogP contribution in [-0.2, 0) is 0 Å². The maximum Gasteiger partial charge on any atom is 0.174 e.